The molecule has 0 amide bonds. The minimum atomic E-state index is -0.658. The molecule has 5 aliphatic rings. The van der Waals surface area contributed by atoms with Crippen molar-refractivity contribution in [3.05, 3.63) is 90.6 Å². The molecule has 4 aliphatic carbocycles. The zero-order valence-corrected chi connectivity index (χ0v) is 26.0. The van der Waals surface area contributed by atoms with E-state index in [1.807, 2.05) is 36.4 Å². The van der Waals surface area contributed by atoms with E-state index in [0.717, 1.165) is 30.4 Å². The maximum absolute atomic E-state index is 13.9. The normalized spacial score (nSPS) is 27.1. The van der Waals surface area contributed by atoms with Gasteiger partial charge in [-0.25, -0.2) is 9.79 Å². The number of hydrogen-bond donors (Lipinski definition) is 0. The minimum absolute atomic E-state index is 0.135. The van der Waals surface area contributed by atoms with Crippen LogP contribution in [-0.4, -0.2) is 30.2 Å². The van der Waals surface area contributed by atoms with E-state index in [1.54, 1.807) is 43.7 Å². The lowest BCUT2D eigenvalue weighted by atomic mass is 9.49. The van der Waals surface area contributed by atoms with Gasteiger partial charge in [-0.15, -0.1) is 0 Å². The van der Waals surface area contributed by atoms with E-state index < -0.39 is 12.0 Å². The fourth-order valence-electron chi connectivity index (χ4n) is 8.32. The number of ether oxygens (including phenoxy) is 3. The van der Waals surface area contributed by atoms with Crippen LogP contribution in [0.3, 0.4) is 0 Å². The Hall–Kier alpha value is -3.98. The van der Waals surface area contributed by atoms with E-state index in [1.165, 1.54) is 30.6 Å². The summed E-state index contributed by atoms with van der Waals surface area (Å²) in [6.45, 7) is 3.75. The van der Waals surface area contributed by atoms with Gasteiger partial charge in [0.25, 0.3) is 5.56 Å². The van der Waals surface area contributed by atoms with Gasteiger partial charge in [-0.2, -0.15) is 0 Å². The van der Waals surface area contributed by atoms with E-state index in [-0.39, 0.29) is 23.6 Å². The summed E-state index contributed by atoms with van der Waals surface area (Å²) < 4.78 is 19.1. The van der Waals surface area contributed by atoms with Crippen molar-refractivity contribution < 1.29 is 23.8 Å². The zero-order chi connectivity index (χ0) is 30.6. The Morgan fingerprint density at radius 2 is 1.70 bits per heavy atom. The first-order valence-electron chi connectivity index (χ1n) is 15.4. The third kappa shape index (κ3) is 4.91. The van der Waals surface area contributed by atoms with Crippen LogP contribution in [-0.2, 0) is 14.3 Å². The molecule has 0 saturated heterocycles. The van der Waals surface area contributed by atoms with Crippen LogP contribution >= 0.6 is 11.3 Å². The maximum Gasteiger partial charge on any atom is 0.338 e. The third-order valence-corrected chi connectivity index (χ3v) is 10.8. The van der Waals surface area contributed by atoms with E-state index in [2.05, 4.69) is 4.99 Å². The highest BCUT2D eigenvalue weighted by molar-refractivity contribution is 7.07. The summed E-state index contributed by atoms with van der Waals surface area (Å²) in [5.74, 6) is 2.14. The highest BCUT2D eigenvalue weighted by Gasteiger charge is 2.55. The number of benzene rings is 2. The summed E-state index contributed by atoms with van der Waals surface area (Å²) in [6, 6.07) is 14.1. The number of fused-ring (bicyclic) bond motifs is 1. The second-order valence-electron chi connectivity index (χ2n) is 12.7. The lowest BCUT2D eigenvalue weighted by molar-refractivity contribution is -0.161. The molecule has 0 N–H and O–H groups in total. The number of aromatic nitrogens is 1. The van der Waals surface area contributed by atoms with Crippen LogP contribution in [0.4, 0.5) is 0 Å². The number of methoxy groups -OCH3 is 1. The summed E-state index contributed by atoms with van der Waals surface area (Å²) in [4.78, 5) is 45.7. The Morgan fingerprint density at radius 3 is 2.34 bits per heavy atom. The molecule has 2 aromatic carbocycles. The topological polar surface area (TPSA) is 96.2 Å². The summed E-state index contributed by atoms with van der Waals surface area (Å²) in [5, 5.41) is 0. The van der Waals surface area contributed by atoms with Crippen LogP contribution in [0.15, 0.2) is 69.6 Å². The Labute approximate surface area is 259 Å². The van der Waals surface area contributed by atoms with E-state index in [4.69, 9.17) is 14.2 Å². The quantitative estimate of drug-likeness (QED) is 0.278. The molecule has 228 valence electrons. The number of thiazole rings is 1. The molecule has 0 unspecified atom stereocenters. The average Bonchev–Trinajstić information content (AvgIpc) is 3.30. The zero-order valence-electron chi connectivity index (χ0n) is 25.2. The van der Waals surface area contributed by atoms with Crippen molar-refractivity contribution in [3.8, 4) is 11.5 Å². The van der Waals surface area contributed by atoms with Gasteiger partial charge in [-0.05, 0) is 99.5 Å². The molecule has 9 heteroatoms. The van der Waals surface area contributed by atoms with Crippen molar-refractivity contribution in [2.24, 2.45) is 28.2 Å². The van der Waals surface area contributed by atoms with Gasteiger partial charge in [0.1, 0.15) is 0 Å². The standard InChI is InChI=1S/C35H36N2O6S/c1-4-42-32(39)29-20(2)36-34-37(30(29)25-8-6-5-7-9-25)31(38)28(44-34)16-21-10-11-26(27(15-21)41-3)43-33(40)35-17-22-12-23(18-35)14-24(13-22)19-35/h5-11,15-16,22-24,30H,4,12-14,17-19H2,1-3H3/t22?,23?,24?,30-,35?/m0/s1. The molecule has 4 fully saturated rings. The van der Waals surface area contributed by atoms with Crippen LogP contribution in [0.25, 0.3) is 6.08 Å². The van der Waals surface area contributed by atoms with Gasteiger partial charge in [0.15, 0.2) is 16.3 Å². The monoisotopic (exact) mass is 612 g/mol. The molecule has 0 radical (unpaired) electrons. The molecular formula is C35H36N2O6S. The molecule has 1 aromatic heterocycles. The molecule has 8 rings (SSSR count). The third-order valence-electron chi connectivity index (χ3n) is 9.79. The fourth-order valence-corrected chi connectivity index (χ4v) is 9.37. The van der Waals surface area contributed by atoms with Gasteiger partial charge in [0.2, 0.25) is 0 Å². The number of carbonyl (C=O) groups is 2. The lowest BCUT2D eigenvalue weighted by Gasteiger charge is -2.55. The van der Waals surface area contributed by atoms with Crippen molar-refractivity contribution in [1.29, 1.82) is 0 Å². The van der Waals surface area contributed by atoms with Crippen molar-refractivity contribution >= 4 is 29.4 Å². The minimum Gasteiger partial charge on any atom is -0.493 e. The molecule has 2 heterocycles. The number of esters is 2. The Kier molecular flexibility index (Phi) is 7.31. The predicted octanol–water partition coefficient (Wildman–Crippen LogP) is 4.93. The molecule has 0 spiro atoms. The Balaban J connectivity index is 1.22. The van der Waals surface area contributed by atoms with Crippen molar-refractivity contribution in [1.82, 2.24) is 4.57 Å². The van der Waals surface area contributed by atoms with Gasteiger partial charge in [-0.1, -0.05) is 47.7 Å². The average molecular weight is 613 g/mol. The van der Waals surface area contributed by atoms with Gasteiger partial charge >= 0.3 is 11.9 Å². The van der Waals surface area contributed by atoms with Crippen LogP contribution < -0.4 is 24.4 Å². The van der Waals surface area contributed by atoms with Gasteiger partial charge in [0.05, 0.1) is 41.0 Å². The molecule has 3 aromatic rings. The molecular weight excluding hydrogens is 576 g/mol. The molecule has 8 nitrogen and oxygen atoms in total. The Morgan fingerprint density at radius 1 is 1.02 bits per heavy atom. The number of hydrogen-bond acceptors (Lipinski definition) is 8. The summed E-state index contributed by atoms with van der Waals surface area (Å²) >= 11 is 1.26. The second-order valence-corrected chi connectivity index (χ2v) is 13.7. The van der Waals surface area contributed by atoms with Crippen molar-refractivity contribution in [3.63, 3.8) is 0 Å². The van der Waals surface area contributed by atoms with Crippen LogP contribution in [0, 0.1) is 23.2 Å². The summed E-state index contributed by atoms with van der Waals surface area (Å²) in [6.07, 6.45) is 8.34. The van der Waals surface area contributed by atoms with E-state index >= 15 is 0 Å². The number of carbonyl (C=O) groups excluding carboxylic acids is 2. The van der Waals surface area contributed by atoms with Crippen molar-refractivity contribution in [2.45, 2.75) is 58.4 Å². The number of allylic oxidation sites excluding steroid dienone is 1. The number of rotatable bonds is 7. The molecule has 4 bridgehead atoms. The van der Waals surface area contributed by atoms with E-state index in [0.29, 0.717) is 49.9 Å². The van der Waals surface area contributed by atoms with E-state index in [9.17, 15) is 14.4 Å². The molecule has 1 atom stereocenters. The first-order valence-corrected chi connectivity index (χ1v) is 16.2. The fraction of sp³-hybridized carbons (Fsp3) is 0.429. The molecule has 4 saturated carbocycles. The van der Waals surface area contributed by atoms with Crippen molar-refractivity contribution in [2.75, 3.05) is 13.7 Å². The first-order chi connectivity index (χ1) is 21.3. The summed E-state index contributed by atoms with van der Waals surface area (Å²) in [7, 11) is 1.55. The van der Waals surface area contributed by atoms with Crippen LogP contribution in [0.1, 0.15) is 69.5 Å². The van der Waals surface area contributed by atoms with Gasteiger partial charge in [-0.3, -0.25) is 14.2 Å². The summed E-state index contributed by atoms with van der Waals surface area (Å²) in [5.41, 5.74) is 1.76. The first kappa shape index (κ1) is 28.8. The van der Waals surface area contributed by atoms with Gasteiger partial charge < -0.3 is 14.2 Å². The highest BCUT2D eigenvalue weighted by Crippen LogP contribution is 2.60. The van der Waals surface area contributed by atoms with Crippen LogP contribution in [0.5, 0.6) is 11.5 Å². The largest absolute Gasteiger partial charge is 0.493 e. The number of nitrogens with zero attached hydrogens (tertiary/aromatic N) is 2. The lowest BCUT2D eigenvalue weighted by Crippen LogP contribution is -2.51. The Bertz CT molecular complexity index is 1820. The SMILES string of the molecule is CCOC(=O)C1=C(C)N=c2sc(=Cc3ccc(OC(=O)C45CC6CC(CC(C6)C4)C5)c(OC)c3)c(=O)n2[C@H]1c1ccccc1. The molecule has 1 aliphatic heterocycles. The second kappa shape index (κ2) is 11.2. The van der Waals surface area contributed by atoms with Gasteiger partial charge in [0, 0.05) is 0 Å². The molecule has 44 heavy (non-hydrogen) atoms. The predicted molar refractivity (Wildman–Crippen MR) is 166 cm³/mol. The maximum atomic E-state index is 13.9. The highest BCUT2D eigenvalue weighted by atomic mass is 32.1. The van der Waals surface area contributed by atoms with Crippen LogP contribution in [0.2, 0.25) is 0 Å². The smallest absolute Gasteiger partial charge is 0.338 e.